The van der Waals surface area contributed by atoms with Crippen molar-refractivity contribution in [2.24, 2.45) is 11.3 Å². The fourth-order valence-electron chi connectivity index (χ4n) is 3.29. The molecule has 2 rings (SSSR count). The van der Waals surface area contributed by atoms with Crippen molar-refractivity contribution in [1.29, 1.82) is 0 Å². The van der Waals surface area contributed by atoms with Gasteiger partial charge in [0.1, 0.15) is 11.4 Å². The first-order valence-electron chi connectivity index (χ1n) is 6.81. The van der Waals surface area contributed by atoms with Crippen LogP contribution in [0.25, 0.3) is 0 Å². The molecule has 0 aromatic carbocycles. The molecule has 1 heterocycles. The Balaban J connectivity index is 2.39. The van der Waals surface area contributed by atoms with Crippen molar-refractivity contribution < 1.29 is 19.4 Å². The predicted molar refractivity (Wildman–Crippen MR) is 71.0 cm³/mol. The smallest absolute Gasteiger partial charge is 0.371 e. The normalized spacial score (nSPS) is 28.3. The Kier molecular flexibility index (Phi) is 3.47. The number of aliphatic hydroxyl groups is 1. The second-order valence-corrected chi connectivity index (χ2v) is 6.56. The van der Waals surface area contributed by atoms with E-state index in [9.17, 15) is 9.90 Å². The number of carboxylic acids is 1. The quantitative estimate of drug-likeness (QED) is 0.860. The van der Waals surface area contributed by atoms with E-state index in [-0.39, 0.29) is 17.1 Å². The molecule has 4 heteroatoms. The zero-order valence-corrected chi connectivity index (χ0v) is 11.8. The molecule has 19 heavy (non-hydrogen) atoms. The Morgan fingerprint density at radius 2 is 2.05 bits per heavy atom. The van der Waals surface area contributed by atoms with Crippen LogP contribution in [0.15, 0.2) is 16.5 Å². The van der Waals surface area contributed by atoms with Crippen LogP contribution in [-0.2, 0) is 5.60 Å². The first kappa shape index (κ1) is 14.1. The van der Waals surface area contributed by atoms with Crippen LogP contribution in [0.1, 0.15) is 62.8 Å². The maximum atomic E-state index is 11.0. The van der Waals surface area contributed by atoms with E-state index in [1.165, 1.54) is 6.07 Å². The lowest BCUT2D eigenvalue weighted by molar-refractivity contribution is -0.109. The summed E-state index contributed by atoms with van der Waals surface area (Å²) in [6.45, 7) is 6.32. The van der Waals surface area contributed by atoms with Crippen LogP contribution in [0.2, 0.25) is 0 Å². The maximum Gasteiger partial charge on any atom is 0.371 e. The average molecular weight is 266 g/mol. The molecule has 0 bridgehead atoms. The van der Waals surface area contributed by atoms with E-state index >= 15 is 0 Å². The highest BCUT2D eigenvalue weighted by atomic mass is 16.4. The van der Waals surface area contributed by atoms with Gasteiger partial charge >= 0.3 is 5.97 Å². The number of carbonyl (C=O) groups is 1. The largest absolute Gasteiger partial charge is 0.475 e. The third-order valence-electron chi connectivity index (χ3n) is 4.17. The van der Waals surface area contributed by atoms with E-state index in [0.29, 0.717) is 12.2 Å². The summed E-state index contributed by atoms with van der Waals surface area (Å²) < 4.78 is 5.36. The molecule has 0 aliphatic heterocycles. The molecule has 1 aliphatic carbocycles. The van der Waals surface area contributed by atoms with Crippen molar-refractivity contribution in [3.8, 4) is 0 Å². The Morgan fingerprint density at radius 3 is 2.58 bits per heavy atom. The number of hydrogen-bond donors (Lipinski definition) is 2. The molecule has 4 nitrogen and oxygen atoms in total. The molecule has 1 aliphatic rings. The van der Waals surface area contributed by atoms with Crippen molar-refractivity contribution in [2.45, 2.75) is 52.1 Å². The molecule has 2 atom stereocenters. The van der Waals surface area contributed by atoms with Crippen LogP contribution in [0.5, 0.6) is 0 Å². The maximum absolute atomic E-state index is 11.0. The van der Waals surface area contributed by atoms with Gasteiger partial charge in [-0.2, -0.15) is 0 Å². The molecule has 1 fully saturated rings. The van der Waals surface area contributed by atoms with Gasteiger partial charge in [-0.05, 0) is 36.3 Å². The third-order valence-corrected chi connectivity index (χ3v) is 4.17. The van der Waals surface area contributed by atoms with Crippen LogP contribution in [-0.4, -0.2) is 16.2 Å². The number of aromatic carboxylic acids is 1. The molecule has 0 saturated heterocycles. The van der Waals surface area contributed by atoms with Crippen LogP contribution in [0.4, 0.5) is 0 Å². The summed E-state index contributed by atoms with van der Waals surface area (Å²) >= 11 is 0. The molecular formula is C15H22O4. The summed E-state index contributed by atoms with van der Waals surface area (Å²) in [6, 6.07) is 3.03. The molecule has 1 saturated carbocycles. The van der Waals surface area contributed by atoms with Gasteiger partial charge < -0.3 is 14.6 Å². The highest BCUT2D eigenvalue weighted by Crippen LogP contribution is 2.49. The molecule has 2 N–H and O–H groups in total. The molecular weight excluding hydrogens is 244 g/mol. The first-order valence-corrected chi connectivity index (χ1v) is 6.81. The highest BCUT2D eigenvalue weighted by Gasteiger charge is 2.48. The predicted octanol–water partition coefficient (Wildman–Crippen LogP) is 3.40. The van der Waals surface area contributed by atoms with Gasteiger partial charge in [0.05, 0.1) is 0 Å². The Hall–Kier alpha value is -1.29. The second kappa shape index (κ2) is 4.67. The van der Waals surface area contributed by atoms with Crippen LogP contribution in [0.3, 0.4) is 0 Å². The SMILES string of the molecule is CC(C)(C)C1CCCCC1(O)c1ccc(C(=O)O)o1. The standard InChI is InChI=1S/C15H22O4/c1-14(2,3)11-6-4-5-9-15(11,18)12-8-7-10(19-12)13(16)17/h7-8,11,18H,4-6,9H2,1-3H3,(H,16,17). The fourth-order valence-corrected chi connectivity index (χ4v) is 3.29. The topological polar surface area (TPSA) is 70.7 Å². The van der Waals surface area contributed by atoms with Crippen molar-refractivity contribution in [2.75, 3.05) is 0 Å². The van der Waals surface area contributed by atoms with Gasteiger partial charge in [0.25, 0.3) is 0 Å². The number of carboxylic acid groups (broad SMARTS) is 1. The summed E-state index contributed by atoms with van der Waals surface area (Å²) in [5.74, 6) is -0.745. The molecule has 2 unspecified atom stereocenters. The lowest BCUT2D eigenvalue weighted by Gasteiger charge is -2.45. The van der Waals surface area contributed by atoms with Gasteiger partial charge in [-0.1, -0.05) is 33.6 Å². The van der Waals surface area contributed by atoms with E-state index in [1.807, 2.05) is 0 Å². The van der Waals surface area contributed by atoms with Crippen LogP contribution < -0.4 is 0 Å². The monoisotopic (exact) mass is 266 g/mol. The average Bonchev–Trinajstić information content (AvgIpc) is 2.77. The molecule has 0 radical (unpaired) electrons. The van der Waals surface area contributed by atoms with E-state index in [0.717, 1.165) is 19.3 Å². The molecule has 1 aromatic heterocycles. The summed E-state index contributed by atoms with van der Waals surface area (Å²) in [7, 11) is 0. The van der Waals surface area contributed by atoms with E-state index in [2.05, 4.69) is 20.8 Å². The number of rotatable bonds is 2. The summed E-state index contributed by atoms with van der Waals surface area (Å²) in [5, 5.41) is 20.0. The zero-order chi connectivity index (χ0) is 14.3. The summed E-state index contributed by atoms with van der Waals surface area (Å²) in [5.41, 5.74) is -1.10. The van der Waals surface area contributed by atoms with Gasteiger partial charge in [-0.15, -0.1) is 0 Å². The number of furan rings is 1. The van der Waals surface area contributed by atoms with Crippen LogP contribution in [0, 0.1) is 11.3 Å². The van der Waals surface area contributed by atoms with Gasteiger partial charge in [-0.25, -0.2) is 4.79 Å². The first-order chi connectivity index (χ1) is 8.75. The zero-order valence-electron chi connectivity index (χ0n) is 11.8. The Bertz CT molecular complexity index is 469. The van der Waals surface area contributed by atoms with Gasteiger partial charge in [0, 0.05) is 0 Å². The summed E-state index contributed by atoms with van der Waals surface area (Å²) in [4.78, 5) is 10.9. The lowest BCUT2D eigenvalue weighted by atomic mass is 9.63. The van der Waals surface area contributed by atoms with Gasteiger partial charge in [0.2, 0.25) is 5.76 Å². The van der Waals surface area contributed by atoms with E-state index < -0.39 is 11.6 Å². The minimum Gasteiger partial charge on any atom is -0.475 e. The van der Waals surface area contributed by atoms with Crippen molar-refractivity contribution in [3.05, 3.63) is 23.7 Å². The second-order valence-electron chi connectivity index (χ2n) is 6.56. The lowest BCUT2D eigenvalue weighted by Crippen LogP contribution is -2.44. The Morgan fingerprint density at radius 1 is 1.37 bits per heavy atom. The Labute approximate surface area is 113 Å². The van der Waals surface area contributed by atoms with Gasteiger partial charge in [0.15, 0.2) is 0 Å². The minimum atomic E-state index is -1.10. The molecule has 0 spiro atoms. The highest BCUT2D eigenvalue weighted by molar-refractivity contribution is 5.84. The van der Waals surface area contributed by atoms with Crippen molar-refractivity contribution in [3.63, 3.8) is 0 Å². The molecule has 1 aromatic rings. The summed E-state index contributed by atoms with van der Waals surface area (Å²) in [6.07, 6.45) is 3.59. The third kappa shape index (κ3) is 2.54. The van der Waals surface area contributed by atoms with E-state index in [1.54, 1.807) is 6.07 Å². The van der Waals surface area contributed by atoms with Gasteiger partial charge in [-0.3, -0.25) is 0 Å². The van der Waals surface area contributed by atoms with Crippen molar-refractivity contribution in [1.82, 2.24) is 0 Å². The van der Waals surface area contributed by atoms with E-state index in [4.69, 9.17) is 9.52 Å². The number of hydrogen-bond acceptors (Lipinski definition) is 3. The minimum absolute atomic E-state index is 0.0503. The van der Waals surface area contributed by atoms with Crippen molar-refractivity contribution >= 4 is 5.97 Å². The molecule has 0 amide bonds. The fraction of sp³-hybridized carbons (Fsp3) is 0.667. The van der Waals surface area contributed by atoms with Crippen LogP contribution >= 0.6 is 0 Å². The molecule has 106 valence electrons.